The average Bonchev–Trinajstić information content (AvgIpc) is 2.66. The Morgan fingerprint density at radius 3 is 2.68 bits per heavy atom. The summed E-state index contributed by atoms with van der Waals surface area (Å²) in [6.45, 7) is 7.06. The summed E-state index contributed by atoms with van der Waals surface area (Å²) in [5, 5.41) is 13.5. The van der Waals surface area contributed by atoms with E-state index in [1.807, 2.05) is 12.1 Å². The van der Waals surface area contributed by atoms with Gasteiger partial charge in [-0.25, -0.2) is 0 Å². The third kappa shape index (κ3) is 6.46. The molecule has 1 aliphatic heterocycles. The maximum atomic E-state index is 10.3. The molecule has 0 amide bonds. The van der Waals surface area contributed by atoms with Gasteiger partial charge in [0.1, 0.15) is 0 Å². The van der Waals surface area contributed by atoms with Crippen molar-refractivity contribution in [3.63, 3.8) is 0 Å². The number of β-amino-alcohol motifs (C(OH)–C–C–N with tert-alkyl or cyclic N) is 1. The Bertz CT molecular complexity index is 794. The van der Waals surface area contributed by atoms with Gasteiger partial charge in [0.15, 0.2) is 5.96 Å². The van der Waals surface area contributed by atoms with E-state index in [4.69, 9.17) is 5.73 Å². The molecule has 0 aliphatic carbocycles. The highest BCUT2D eigenvalue weighted by Crippen LogP contribution is 2.19. The maximum Gasteiger partial charge on any atom is 0.193 e. The second-order valence-corrected chi connectivity index (χ2v) is 7.54. The van der Waals surface area contributed by atoms with E-state index in [9.17, 15) is 5.11 Å². The topological polar surface area (TPSA) is 73.9 Å². The van der Waals surface area contributed by atoms with E-state index < -0.39 is 6.10 Å². The zero-order chi connectivity index (χ0) is 19.2. The van der Waals surface area contributed by atoms with Gasteiger partial charge >= 0.3 is 0 Å². The van der Waals surface area contributed by atoms with Crippen molar-refractivity contribution in [2.45, 2.75) is 38.8 Å². The molecular weight excluding hydrogens is 463 g/mol. The molecule has 2 aromatic carbocycles. The van der Waals surface area contributed by atoms with Crippen LogP contribution in [0.3, 0.4) is 0 Å². The number of fused-ring (bicyclic) bond motifs is 1. The molecule has 1 heterocycles. The highest BCUT2D eigenvalue weighted by Gasteiger charge is 2.18. The maximum absolute atomic E-state index is 10.3. The minimum absolute atomic E-state index is 0. The molecule has 4 N–H and O–H groups in total. The van der Waals surface area contributed by atoms with Crippen molar-refractivity contribution in [3.05, 3.63) is 65.2 Å². The van der Waals surface area contributed by atoms with E-state index in [-0.39, 0.29) is 24.0 Å². The highest BCUT2D eigenvalue weighted by molar-refractivity contribution is 14.0. The van der Waals surface area contributed by atoms with Gasteiger partial charge in [-0.1, -0.05) is 50.2 Å². The smallest absolute Gasteiger partial charge is 0.193 e. The summed E-state index contributed by atoms with van der Waals surface area (Å²) in [6.07, 6.45) is 0.500. The molecule has 0 aromatic heterocycles. The average molecular weight is 494 g/mol. The van der Waals surface area contributed by atoms with E-state index in [2.05, 4.69) is 65.5 Å². The number of aliphatic hydroxyl groups is 1. The third-order valence-electron chi connectivity index (χ3n) is 4.98. The molecule has 1 aliphatic rings. The number of hydrogen-bond donors (Lipinski definition) is 3. The van der Waals surface area contributed by atoms with Crippen LogP contribution in [0.15, 0.2) is 53.5 Å². The molecule has 0 bridgehead atoms. The lowest BCUT2D eigenvalue weighted by Gasteiger charge is -2.30. The van der Waals surface area contributed by atoms with Crippen LogP contribution in [0.1, 0.15) is 36.5 Å². The molecule has 5 nitrogen and oxygen atoms in total. The summed E-state index contributed by atoms with van der Waals surface area (Å²) in [6, 6.07) is 16.7. The van der Waals surface area contributed by atoms with Crippen molar-refractivity contribution < 1.29 is 5.11 Å². The fourth-order valence-corrected chi connectivity index (χ4v) is 3.43. The Labute approximate surface area is 185 Å². The van der Waals surface area contributed by atoms with Crippen LogP contribution in [-0.2, 0) is 13.0 Å². The second kappa shape index (κ2) is 10.8. The minimum Gasteiger partial charge on any atom is -0.390 e. The van der Waals surface area contributed by atoms with Crippen LogP contribution in [0.2, 0.25) is 0 Å². The predicted octanol–water partition coefficient (Wildman–Crippen LogP) is 3.57. The van der Waals surface area contributed by atoms with Crippen LogP contribution >= 0.6 is 24.0 Å². The van der Waals surface area contributed by atoms with Gasteiger partial charge in [-0.05, 0) is 41.2 Å². The molecule has 0 spiro atoms. The van der Waals surface area contributed by atoms with Crippen molar-refractivity contribution >= 4 is 35.6 Å². The van der Waals surface area contributed by atoms with Gasteiger partial charge in [0.25, 0.3) is 0 Å². The molecule has 28 heavy (non-hydrogen) atoms. The monoisotopic (exact) mass is 494 g/mol. The highest BCUT2D eigenvalue weighted by atomic mass is 127. The van der Waals surface area contributed by atoms with Crippen LogP contribution in [0.4, 0.5) is 5.69 Å². The summed E-state index contributed by atoms with van der Waals surface area (Å²) < 4.78 is 0. The molecule has 1 unspecified atom stereocenters. The number of anilines is 1. The largest absolute Gasteiger partial charge is 0.390 e. The first-order valence-electron chi connectivity index (χ1n) is 9.65. The molecule has 0 fully saturated rings. The summed E-state index contributed by atoms with van der Waals surface area (Å²) in [5.74, 6) is 0.792. The van der Waals surface area contributed by atoms with Crippen LogP contribution in [0.25, 0.3) is 0 Å². The summed E-state index contributed by atoms with van der Waals surface area (Å²) in [5.41, 5.74) is 10.9. The molecule has 152 valence electrons. The quantitative estimate of drug-likeness (QED) is 0.326. The zero-order valence-corrected chi connectivity index (χ0v) is 19.0. The lowest BCUT2D eigenvalue weighted by molar-refractivity contribution is 0.112. The number of aliphatic imine (C=N–C) groups is 1. The second-order valence-electron chi connectivity index (χ2n) is 7.54. The zero-order valence-electron chi connectivity index (χ0n) is 16.6. The van der Waals surface area contributed by atoms with Crippen molar-refractivity contribution in [2.75, 3.05) is 25.0 Å². The predicted molar refractivity (Wildman–Crippen MR) is 127 cm³/mol. The molecule has 0 radical (unpaired) electrons. The fourth-order valence-electron chi connectivity index (χ4n) is 3.43. The lowest BCUT2D eigenvalue weighted by Crippen LogP contribution is -2.38. The number of nitrogens with two attached hydrogens (primary N) is 1. The van der Waals surface area contributed by atoms with Gasteiger partial charge in [0.05, 0.1) is 12.6 Å². The van der Waals surface area contributed by atoms with Gasteiger partial charge in [-0.2, -0.15) is 0 Å². The van der Waals surface area contributed by atoms with E-state index in [1.54, 1.807) is 0 Å². The lowest BCUT2D eigenvalue weighted by atomic mass is 10.00. The number of halogens is 1. The van der Waals surface area contributed by atoms with Gasteiger partial charge in [-0.3, -0.25) is 9.89 Å². The van der Waals surface area contributed by atoms with Crippen LogP contribution < -0.4 is 11.1 Å². The SMILES string of the molecule is CC(C)c1cccc(NC(N)=NCC(O)CN2CCc3ccccc3C2)c1.I. The third-order valence-corrected chi connectivity index (χ3v) is 4.98. The van der Waals surface area contributed by atoms with Crippen LogP contribution in [0, 0.1) is 0 Å². The van der Waals surface area contributed by atoms with Gasteiger partial charge < -0.3 is 16.2 Å². The summed E-state index contributed by atoms with van der Waals surface area (Å²) in [4.78, 5) is 6.59. The van der Waals surface area contributed by atoms with E-state index in [0.29, 0.717) is 25.0 Å². The van der Waals surface area contributed by atoms with Crippen molar-refractivity contribution in [3.8, 4) is 0 Å². The molecular formula is C22H31IN4O. The Morgan fingerprint density at radius 1 is 1.18 bits per heavy atom. The van der Waals surface area contributed by atoms with E-state index in [1.165, 1.54) is 16.7 Å². The standard InChI is InChI=1S/C22H30N4O.HI/c1-16(2)18-8-5-9-20(12-18)25-22(23)24-13-21(27)15-26-11-10-17-6-3-4-7-19(17)14-26;/h3-9,12,16,21,27H,10-11,13-15H2,1-2H3,(H3,23,24,25);1H. The molecule has 0 saturated heterocycles. The van der Waals surface area contributed by atoms with Gasteiger partial charge in [-0.15, -0.1) is 24.0 Å². The Morgan fingerprint density at radius 2 is 1.93 bits per heavy atom. The Hall–Kier alpha value is -1.64. The van der Waals surface area contributed by atoms with Crippen molar-refractivity contribution in [1.82, 2.24) is 4.90 Å². The number of guanidine groups is 1. The number of nitrogens with one attached hydrogen (secondary N) is 1. The number of hydrogen-bond acceptors (Lipinski definition) is 3. The molecule has 6 heteroatoms. The number of nitrogens with zero attached hydrogens (tertiary/aromatic N) is 2. The number of rotatable bonds is 6. The molecule has 3 rings (SSSR count). The van der Waals surface area contributed by atoms with E-state index in [0.717, 1.165) is 25.2 Å². The number of aliphatic hydroxyl groups excluding tert-OH is 1. The van der Waals surface area contributed by atoms with Crippen molar-refractivity contribution in [2.24, 2.45) is 10.7 Å². The molecule has 1 atom stereocenters. The molecule has 0 saturated carbocycles. The van der Waals surface area contributed by atoms with E-state index >= 15 is 0 Å². The first-order chi connectivity index (χ1) is 13.0. The summed E-state index contributed by atoms with van der Waals surface area (Å²) >= 11 is 0. The minimum atomic E-state index is -0.530. The summed E-state index contributed by atoms with van der Waals surface area (Å²) in [7, 11) is 0. The normalized spacial score (nSPS) is 15.6. The number of benzene rings is 2. The van der Waals surface area contributed by atoms with Crippen LogP contribution in [0.5, 0.6) is 0 Å². The van der Waals surface area contributed by atoms with Crippen molar-refractivity contribution in [1.29, 1.82) is 0 Å². The Kier molecular flexibility index (Phi) is 8.72. The van der Waals surface area contributed by atoms with Crippen LogP contribution in [-0.4, -0.2) is 41.7 Å². The molecule has 2 aromatic rings. The Balaban J connectivity index is 0.00000280. The fraction of sp³-hybridized carbons (Fsp3) is 0.409. The first-order valence-corrected chi connectivity index (χ1v) is 9.65. The van der Waals surface area contributed by atoms with Gasteiger partial charge in [0.2, 0.25) is 0 Å². The first kappa shape index (κ1) is 22.6. The van der Waals surface area contributed by atoms with Gasteiger partial charge in [0, 0.05) is 25.3 Å².